The Hall–Kier alpha value is 0.140. The van der Waals surface area contributed by atoms with Crippen molar-refractivity contribution < 1.29 is 4.74 Å². The fourth-order valence-corrected chi connectivity index (χ4v) is 3.77. The van der Waals surface area contributed by atoms with Gasteiger partial charge in [0.15, 0.2) is 0 Å². The molecule has 3 unspecified atom stereocenters. The summed E-state index contributed by atoms with van der Waals surface area (Å²) in [6.07, 6.45) is 4.30. The molecule has 0 aliphatic carbocycles. The zero-order valence-electron chi connectivity index (χ0n) is 9.20. The molecule has 2 rings (SSSR count). The maximum Gasteiger partial charge on any atom is 0.0753 e. The van der Waals surface area contributed by atoms with Crippen LogP contribution >= 0.6 is 27.3 Å². The van der Waals surface area contributed by atoms with Crippen molar-refractivity contribution in [2.45, 2.75) is 50.1 Å². The summed E-state index contributed by atoms with van der Waals surface area (Å²) in [5.74, 6) is 0. The molecule has 0 spiro atoms. The molecule has 1 aromatic rings. The second-order valence-corrected chi connectivity index (χ2v) is 6.31. The van der Waals surface area contributed by atoms with Gasteiger partial charge in [-0.3, -0.25) is 0 Å². The van der Waals surface area contributed by atoms with Crippen LogP contribution in [0.1, 0.15) is 41.3 Å². The Kier molecular flexibility index (Phi) is 3.86. The second-order valence-electron chi connectivity index (χ2n) is 4.12. The fraction of sp³-hybridized carbons (Fsp3) is 0.667. The van der Waals surface area contributed by atoms with Crippen molar-refractivity contribution in [2.24, 2.45) is 0 Å². The summed E-state index contributed by atoms with van der Waals surface area (Å²) in [6, 6.07) is 4.46. The summed E-state index contributed by atoms with van der Waals surface area (Å²) in [5, 5.41) is 0. The topological polar surface area (TPSA) is 9.23 Å². The number of halogens is 1. The Morgan fingerprint density at radius 3 is 2.87 bits per heavy atom. The van der Waals surface area contributed by atoms with E-state index in [0.29, 0.717) is 17.0 Å². The van der Waals surface area contributed by atoms with E-state index >= 15 is 0 Å². The first kappa shape index (κ1) is 11.6. The molecule has 3 heteroatoms. The number of aryl methyl sites for hydroxylation is 1. The summed E-state index contributed by atoms with van der Waals surface area (Å²) < 4.78 is 5.88. The molecule has 1 saturated heterocycles. The maximum absolute atomic E-state index is 5.88. The Morgan fingerprint density at radius 1 is 1.53 bits per heavy atom. The average molecular weight is 289 g/mol. The zero-order valence-corrected chi connectivity index (χ0v) is 11.6. The summed E-state index contributed by atoms with van der Waals surface area (Å²) >= 11 is 5.67. The third-order valence-electron chi connectivity index (χ3n) is 2.89. The molecular formula is C12H17BrOS. The molecule has 0 amide bonds. The van der Waals surface area contributed by atoms with Crippen LogP contribution < -0.4 is 0 Å². The van der Waals surface area contributed by atoms with E-state index in [4.69, 9.17) is 4.74 Å². The predicted octanol–water partition coefficient (Wildman–Crippen LogP) is 4.31. The number of hydrogen-bond acceptors (Lipinski definition) is 2. The SMILES string of the molecule is CCc1ccc(C(Br)C2CCC(C)O2)s1. The van der Waals surface area contributed by atoms with Gasteiger partial charge in [0.2, 0.25) is 0 Å². The van der Waals surface area contributed by atoms with Crippen molar-refractivity contribution in [1.82, 2.24) is 0 Å². The minimum Gasteiger partial charge on any atom is -0.374 e. The number of ether oxygens (including phenoxy) is 1. The number of hydrogen-bond donors (Lipinski definition) is 0. The molecule has 1 aliphatic rings. The number of rotatable bonds is 3. The van der Waals surface area contributed by atoms with Crippen molar-refractivity contribution in [2.75, 3.05) is 0 Å². The highest BCUT2D eigenvalue weighted by atomic mass is 79.9. The molecule has 0 saturated carbocycles. The first-order valence-corrected chi connectivity index (χ1v) is 7.32. The van der Waals surface area contributed by atoms with Crippen LogP contribution in [0.3, 0.4) is 0 Å². The van der Waals surface area contributed by atoms with E-state index in [1.54, 1.807) is 0 Å². The van der Waals surface area contributed by atoms with Crippen LogP contribution in [0, 0.1) is 0 Å². The lowest BCUT2D eigenvalue weighted by atomic mass is 10.1. The van der Waals surface area contributed by atoms with Gasteiger partial charge in [0, 0.05) is 9.75 Å². The quantitative estimate of drug-likeness (QED) is 0.753. The third kappa shape index (κ3) is 2.63. The highest BCUT2D eigenvalue weighted by Crippen LogP contribution is 2.39. The van der Waals surface area contributed by atoms with Gasteiger partial charge in [-0.1, -0.05) is 22.9 Å². The van der Waals surface area contributed by atoms with Crippen molar-refractivity contribution in [3.8, 4) is 0 Å². The van der Waals surface area contributed by atoms with Gasteiger partial charge in [-0.2, -0.15) is 0 Å². The van der Waals surface area contributed by atoms with Crippen LogP contribution in [0.15, 0.2) is 12.1 Å². The largest absolute Gasteiger partial charge is 0.374 e. The lowest BCUT2D eigenvalue weighted by Gasteiger charge is -2.16. The van der Waals surface area contributed by atoms with Gasteiger partial charge in [0.1, 0.15) is 0 Å². The Bertz CT molecular complexity index is 323. The van der Waals surface area contributed by atoms with Gasteiger partial charge in [0.05, 0.1) is 17.0 Å². The minimum atomic E-state index is 0.364. The van der Waals surface area contributed by atoms with Gasteiger partial charge >= 0.3 is 0 Å². The molecule has 1 fully saturated rings. The number of thiophene rings is 1. The molecule has 1 nitrogen and oxygen atoms in total. The molecule has 1 aromatic heterocycles. The molecular weight excluding hydrogens is 272 g/mol. The van der Waals surface area contributed by atoms with E-state index in [0.717, 1.165) is 6.42 Å². The monoisotopic (exact) mass is 288 g/mol. The fourth-order valence-electron chi connectivity index (χ4n) is 1.96. The summed E-state index contributed by atoms with van der Waals surface area (Å²) in [7, 11) is 0. The highest BCUT2D eigenvalue weighted by Gasteiger charge is 2.29. The van der Waals surface area contributed by atoms with Crippen molar-refractivity contribution in [1.29, 1.82) is 0 Å². The van der Waals surface area contributed by atoms with Gasteiger partial charge in [-0.15, -0.1) is 11.3 Å². The number of alkyl halides is 1. The van der Waals surface area contributed by atoms with Gasteiger partial charge < -0.3 is 4.74 Å². The summed E-state index contributed by atoms with van der Waals surface area (Å²) in [5.41, 5.74) is 0. The zero-order chi connectivity index (χ0) is 10.8. The van der Waals surface area contributed by atoms with Crippen LogP contribution in [0.2, 0.25) is 0 Å². The van der Waals surface area contributed by atoms with E-state index in [9.17, 15) is 0 Å². The normalized spacial score (nSPS) is 28.2. The summed E-state index contributed by atoms with van der Waals surface area (Å²) in [6.45, 7) is 4.36. The Balaban J connectivity index is 2.03. The molecule has 0 N–H and O–H groups in total. The Morgan fingerprint density at radius 2 is 2.33 bits per heavy atom. The van der Waals surface area contributed by atoms with Crippen LogP contribution in [0.25, 0.3) is 0 Å². The lowest BCUT2D eigenvalue weighted by molar-refractivity contribution is 0.0561. The first-order valence-electron chi connectivity index (χ1n) is 5.59. The van der Waals surface area contributed by atoms with Crippen molar-refractivity contribution in [3.63, 3.8) is 0 Å². The van der Waals surface area contributed by atoms with Crippen molar-refractivity contribution in [3.05, 3.63) is 21.9 Å². The molecule has 2 heterocycles. The van der Waals surface area contributed by atoms with Crippen LogP contribution in [0.5, 0.6) is 0 Å². The molecule has 0 aromatic carbocycles. The molecule has 1 aliphatic heterocycles. The van der Waals surface area contributed by atoms with Crippen LogP contribution in [-0.2, 0) is 11.2 Å². The van der Waals surface area contributed by atoms with Gasteiger partial charge in [0.25, 0.3) is 0 Å². The second kappa shape index (κ2) is 4.98. The van der Waals surface area contributed by atoms with E-state index in [2.05, 4.69) is 41.9 Å². The molecule has 0 radical (unpaired) electrons. The predicted molar refractivity (Wildman–Crippen MR) is 68.9 cm³/mol. The van der Waals surface area contributed by atoms with E-state index in [1.165, 1.54) is 22.6 Å². The minimum absolute atomic E-state index is 0.364. The summed E-state index contributed by atoms with van der Waals surface area (Å²) in [4.78, 5) is 3.25. The van der Waals surface area contributed by atoms with Gasteiger partial charge in [-0.25, -0.2) is 0 Å². The Labute approximate surface area is 104 Å². The average Bonchev–Trinajstić information content (AvgIpc) is 2.84. The van der Waals surface area contributed by atoms with E-state index in [-0.39, 0.29) is 0 Å². The van der Waals surface area contributed by atoms with Crippen LogP contribution in [0.4, 0.5) is 0 Å². The third-order valence-corrected chi connectivity index (χ3v) is 5.59. The highest BCUT2D eigenvalue weighted by molar-refractivity contribution is 9.09. The lowest BCUT2D eigenvalue weighted by Crippen LogP contribution is -2.13. The van der Waals surface area contributed by atoms with Gasteiger partial charge in [-0.05, 0) is 38.3 Å². The molecule has 0 bridgehead atoms. The molecule has 84 valence electrons. The smallest absolute Gasteiger partial charge is 0.0753 e. The molecule has 3 atom stereocenters. The molecule has 15 heavy (non-hydrogen) atoms. The van der Waals surface area contributed by atoms with Crippen LogP contribution in [-0.4, -0.2) is 12.2 Å². The van der Waals surface area contributed by atoms with Crippen molar-refractivity contribution >= 4 is 27.3 Å². The maximum atomic E-state index is 5.88. The van der Waals surface area contributed by atoms with E-state index in [1.807, 2.05) is 11.3 Å². The standard InChI is InChI=1S/C12H17BrOS/c1-3-9-5-7-11(15-9)12(13)10-6-4-8(2)14-10/h5,7-8,10,12H,3-4,6H2,1-2H3. The van der Waals surface area contributed by atoms with E-state index < -0.39 is 0 Å². The first-order chi connectivity index (χ1) is 7.20.